The first-order chi connectivity index (χ1) is 13.3. The predicted molar refractivity (Wildman–Crippen MR) is 101 cm³/mol. The molecule has 1 fully saturated rings. The van der Waals surface area contributed by atoms with Crippen LogP contribution in [-0.2, 0) is 9.59 Å². The molecule has 1 atom stereocenters. The van der Waals surface area contributed by atoms with Gasteiger partial charge in [-0.3, -0.25) is 19.7 Å². The fraction of sp³-hybridized carbons (Fsp3) is 0.158. The summed E-state index contributed by atoms with van der Waals surface area (Å²) in [6.07, 6.45) is 0. The third kappa shape index (κ3) is 3.47. The number of nitro groups is 1. The third-order valence-corrected chi connectivity index (χ3v) is 4.67. The quantitative estimate of drug-likeness (QED) is 0.261. The van der Waals surface area contributed by atoms with Crippen molar-refractivity contribution in [1.82, 2.24) is 4.90 Å². The summed E-state index contributed by atoms with van der Waals surface area (Å²) in [7, 11) is 0. The second-order valence-corrected chi connectivity index (χ2v) is 6.51. The largest absolute Gasteiger partial charge is 0.507 e. The molecule has 0 radical (unpaired) electrons. The van der Waals surface area contributed by atoms with Crippen LogP contribution in [0.1, 0.15) is 17.2 Å². The second-order valence-electron chi connectivity index (χ2n) is 6.07. The molecule has 0 saturated carbocycles. The van der Waals surface area contributed by atoms with E-state index in [0.29, 0.717) is 10.6 Å². The molecule has 28 heavy (non-hydrogen) atoms. The minimum Gasteiger partial charge on any atom is -0.507 e. The van der Waals surface area contributed by atoms with Crippen molar-refractivity contribution in [3.8, 4) is 0 Å². The topological polar surface area (TPSA) is 121 Å². The lowest BCUT2D eigenvalue weighted by molar-refractivity contribution is -0.384. The molecule has 1 aliphatic heterocycles. The minimum atomic E-state index is -0.917. The summed E-state index contributed by atoms with van der Waals surface area (Å²) in [5, 5.41) is 31.3. The highest BCUT2D eigenvalue weighted by Gasteiger charge is 2.45. The number of hydrogen-bond acceptors (Lipinski definition) is 6. The van der Waals surface area contributed by atoms with Crippen LogP contribution in [0.15, 0.2) is 54.1 Å². The van der Waals surface area contributed by atoms with Crippen LogP contribution in [0.2, 0.25) is 5.02 Å². The lowest BCUT2D eigenvalue weighted by atomic mass is 9.95. The number of nitrogens with zero attached hydrogens (tertiary/aromatic N) is 2. The molecule has 8 nitrogen and oxygen atoms in total. The van der Waals surface area contributed by atoms with Gasteiger partial charge >= 0.3 is 0 Å². The Morgan fingerprint density at radius 1 is 1.11 bits per heavy atom. The van der Waals surface area contributed by atoms with Crippen molar-refractivity contribution >= 4 is 34.7 Å². The van der Waals surface area contributed by atoms with Crippen molar-refractivity contribution in [2.45, 2.75) is 6.04 Å². The van der Waals surface area contributed by atoms with Crippen molar-refractivity contribution < 1.29 is 24.7 Å². The molecule has 1 saturated heterocycles. The first kappa shape index (κ1) is 19.5. The molecule has 3 rings (SSSR count). The number of benzene rings is 2. The average molecular weight is 403 g/mol. The summed E-state index contributed by atoms with van der Waals surface area (Å²) < 4.78 is 0. The molecular weight excluding hydrogens is 388 g/mol. The number of β-amino-alcohol motifs (C(OH)–C–C–N with tert-alkyl or cyclic N) is 1. The van der Waals surface area contributed by atoms with Crippen LogP contribution < -0.4 is 0 Å². The molecule has 2 aromatic rings. The van der Waals surface area contributed by atoms with Gasteiger partial charge in [0, 0.05) is 29.3 Å². The lowest BCUT2D eigenvalue weighted by Crippen LogP contribution is -2.32. The number of hydrogen-bond donors (Lipinski definition) is 2. The first-order valence-corrected chi connectivity index (χ1v) is 8.62. The van der Waals surface area contributed by atoms with E-state index in [-0.39, 0.29) is 30.0 Å². The van der Waals surface area contributed by atoms with Crippen molar-refractivity contribution in [1.29, 1.82) is 0 Å². The van der Waals surface area contributed by atoms with Crippen LogP contribution in [0.4, 0.5) is 5.69 Å². The van der Waals surface area contributed by atoms with E-state index in [0.717, 1.165) is 0 Å². The van der Waals surface area contributed by atoms with Crippen molar-refractivity contribution in [2.75, 3.05) is 13.2 Å². The van der Waals surface area contributed by atoms with Crippen LogP contribution in [0.5, 0.6) is 0 Å². The first-order valence-electron chi connectivity index (χ1n) is 8.24. The molecule has 0 aromatic heterocycles. The monoisotopic (exact) mass is 402 g/mol. The van der Waals surface area contributed by atoms with Gasteiger partial charge in [-0.05, 0) is 29.8 Å². The number of nitro benzene ring substituents is 1. The summed E-state index contributed by atoms with van der Waals surface area (Å²) in [6, 6.07) is 10.5. The van der Waals surface area contributed by atoms with Crippen molar-refractivity contribution in [2.24, 2.45) is 0 Å². The highest BCUT2D eigenvalue weighted by molar-refractivity contribution is 6.46. The number of aliphatic hydroxyl groups excluding tert-OH is 2. The molecule has 1 amide bonds. The van der Waals surface area contributed by atoms with E-state index in [4.69, 9.17) is 11.6 Å². The van der Waals surface area contributed by atoms with E-state index < -0.39 is 28.4 Å². The Bertz CT molecular complexity index is 969. The van der Waals surface area contributed by atoms with Gasteiger partial charge in [-0.25, -0.2) is 0 Å². The summed E-state index contributed by atoms with van der Waals surface area (Å²) in [5.41, 5.74) is 0.355. The molecule has 1 unspecified atom stereocenters. The summed E-state index contributed by atoms with van der Waals surface area (Å²) in [6.45, 7) is -0.469. The van der Waals surface area contributed by atoms with Crippen LogP contribution in [0, 0.1) is 10.1 Å². The van der Waals surface area contributed by atoms with Crippen molar-refractivity contribution in [3.05, 3.63) is 80.4 Å². The SMILES string of the molecule is O=C1C(=O)N(CCO)C(c2ccc(Cl)cc2)/C1=C(/O)c1ccc([N+](=O)[O-])cc1. The number of rotatable bonds is 5. The zero-order valence-corrected chi connectivity index (χ0v) is 15.2. The van der Waals surface area contributed by atoms with Gasteiger partial charge in [0.2, 0.25) is 0 Å². The van der Waals surface area contributed by atoms with E-state index >= 15 is 0 Å². The van der Waals surface area contributed by atoms with E-state index in [2.05, 4.69) is 0 Å². The van der Waals surface area contributed by atoms with Gasteiger partial charge in [0.1, 0.15) is 5.76 Å². The molecule has 0 spiro atoms. The maximum atomic E-state index is 12.6. The minimum absolute atomic E-state index is 0.102. The van der Waals surface area contributed by atoms with Crippen LogP contribution in [0.3, 0.4) is 0 Å². The maximum absolute atomic E-state index is 12.6. The Kier molecular flexibility index (Phi) is 5.43. The van der Waals surface area contributed by atoms with Gasteiger partial charge in [0.25, 0.3) is 17.4 Å². The molecule has 1 heterocycles. The van der Waals surface area contributed by atoms with Gasteiger partial charge in [-0.1, -0.05) is 23.7 Å². The van der Waals surface area contributed by atoms with E-state index in [1.54, 1.807) is 24.3 Å². The lowest BCUT2D eigenvalue weighted by Gasteiger charge is -2.24. The molecule has 9 heteroatoms. The number of aliphatic hydroxyl groups is 2. The van der Waals surface area contributed by atoms with Crippen LogP contribution in [0.25, 0.3) is 5.76 Å². The van der Waals surface area contributed by atoms with E-state index in [1.807, 2.05) is 0 Å². The molecule has 0 aliphatic carbocycles. The van der Waals surface area contributed by atoms with Gasteiger partial charge in [-0.2, -0.15) is 0 Å². The zero-order chi connectivity index (χ0) is 20.4. The van der Waals surface area contributed by atoms with E-state index in [1.165, 1.54) is 29.2 Å². The molecule has 2 N–H and O–H groups in total. The normalized spacial score (nSPS) is 18.5. The van der Waals surface area contributed by atoms with Crippen LogP contribution in [-0.4, -0.2) is 44.9 Å². The number of likely N-dealkylation sites (tertiary alicyclic amines) is 1. The molecule has 0 bridgehead atoms. The van der Waals surface area contributed by atoms with Crippen LogP contribution >= 0.6 is 11.6 Å². The summed E-state index contributed by atoms with van der Waals surface area (Å²) in [4.78, 5) is 36.4. The summed E-state index contributed by atoms with van der Waals surface area (Å²) in [5.74, 6) is -2.20. The third-order valence-electron chi connectivity index (χ3n) is 4.42. The Labute approximate surface area is 164 Å². The fourth-order valence-electron chi connectivity index (χ4n) is 3.11. The highest BCUT2D eigenvalue weighted by Crippen LogP contribution is 2.39. The molecular formula is C19H15ClN2O6. The molecule has 144 valence electrons. The average Bonchev–Trinajstić information content (AvgIpc) is 2.93. The molecule has 1 aliphatic rings. The Balaban J connectivity index is 2.14. The van der Waals surface area contributed by atoms with Gasteiger partial charge in [0.05, 0.1) is 23.1 Å². The van der Waals surface area contributed by atoms with Gasteiger partial charge < -0.3 is 15.1 Å². The zero-order valence-electron chi connectivity index (χ0n) is 14.4. The molecule has 2 aromatic carbocycles. The number of carbonyl (C=O) groups is 2. The number of non-ortho nitro benzene ring substituents is 1. The number of ketones is 1. The fourth-order valence-corrected chi connectivity index (χ4v) is 3.23. The smallest absolute Gasteiger partial charge is 0.295 e. The highest BCUT2D eigenvalue weighted by atomic mass is 35.5. The van der Waals surface area contributed by atoms with Crippen molar-refractivity contribution in [3.63, 3.8) is 0 Å². The Morgan fingerprint density at radius 3 is 2.25 bits per heavy atom. The van der Waals surface area contributed by atoms with Gasteiger partial charge in [0.15, 0.2) is 0 Å². The predicted octanol–water partition coefficient (Wildman–Crippen LogP) is 2.66. The summed E-state index contributed by atoms with van der Waals surface area (Å²) >= 11 is 5.90. The Hall–Kier alpha value is -3.23. The number of halogens is 1. The second kappa shape index (κ2) is 7.79. The maximum Gasteiger partial charge on any atom is 0.295 e. The standard InChI is InChI=1S/C19H15ClN2O6/c20-13-5-1-11(2-6-13)16-15(18(25)19(26)21(16)9-10-23)17(24)12-3-7-14(8-4-12)22(27)28/h1-8,16,23-24H,9-10H2/b17-15-. The number of carbonyl (C=O) groups excluding carboxylic acids is 2. The number of Topliss-reactive ketones (excluding diaryl/α,β-unsaturated/α-hetero) is 1. The van der Waals surface area contributed by atoms with E-state index in [9.17, 15) is 29.9 Å². The van der Waals surface area contributed by atoms with Gasteiger partial charge in [-0.15, -0.1) is 0 Å². The Morgan fingerprint density at radius 2 is 1.71 bits per heavy atom. The number of amides is 1.